The van der Waals surface area contributed by atoms with Crippen molar-refractivity contribution in [1.82, 2.24) is 4.90 Å². The SMILES string of the molecule is CN1CCC(CCc2cc(NS(=O)(=O)c3ccc(F)cc3F)cc3c2CC(=O)C32CCC2)CC1. The van der Waals surface area contributed by atoms with Crippen LogP contribution in [0.2, 0.25) is 0 Å². The van der Waals surface area contributed by atoms with Gasteiger partial charge in [0.15, 0.2) is 0 Å². The molecule has 8 heteroatoms. The van der Waals surface area contributed by atoms with Crippen molar-refractivity contribution < 1.29 is 22.0 Å². The largest absolute Gasteiger partial charge is 0.306 e. The first-order chi connectivity index (χ1) is 16.2. The lowest BCUT2D eigenvalue weighted by Gasteiger charge is -2.38. The summed E-state index contributed by atoms with van der Waals surface area (Å²) in [5.41, 5.74) is 2.82. The number of benzene rings is 2. The minimum Gasteiger partial charge on any atom is -0.306 e. The van der Waals surface area contributed by atoms with Crippen LogP contribution in [0.15, 0.2) is 35.2 Å². The standard InChI is InChI=1S/C26H30F2N2O3S/c1-30-11-7-17(8-12-30)3-4-18-13-20(15-22-21(18)16-25(31)26(22)9-2-10-26)29-34(32,33)24-6-5-19(27)14-23(24)28/h5-6,13-15,17,29H,2-4,7-12,16H2,1H3. The van der Waals surface area contributed by atoms with Crippen LogP contribution in [0.4, 0.5) is 14.5 Å². The van der Waals surface area contributed by atoms with E-state index >= 15 is 0 Å². The fourth-order valence-corrected chi connectivity index (χ4v) is 6.92. The number of nitrogens with one attached hydrogen (secondary N) is 1. The minimum atomic E-state index is -4.26. The van der Waals surface area contributed by atoms with Gasteiger partial charge in [0.1, 0.15) is 22.3 Å². The second-order valence-electron chi connectivity index (χ2n) is 10.2. The molecule has 2 aromatic carbocycles. The number of Topliss-reactive ketones (excluding diaryl/α,β-unsaturated/α-hetero) is 1. The van der Waals surface area contributed by atoms with E-state index in [9.17, 15) is 22.0 Å². The summed E-state index contributed by atoms with van der Waals surface area (Å²) in [5, 5.41) is 0. The molecule has 182 valence electrons. The number of carbonyl (C=O) groups excluding carboxylic acids is 1. The molecule has 0 unspecified atom stereocenters. The molecule has 34 heavy (non-hydrogen) atoms. The highest BCUT2D eigenvalue weighted by molar-refractivity contribution is 7.92. The molecule has 1 saturated heterocycles. The van der Waals surface area contributed by atoms with Gasteiger partial charge in [-0.15, -0.1) is 0 Å². The van der Waals surface area contributed by atoms with E-state index in [0.717, 1.165) is 86.9 Å². The molecule has 2 aromatic rings. The van der Waals surface area contributed by atoms with E-state index in [1.54, 1.807) is 12.1 Å². The molecule has 0 radical (unpaired) electrons. The smallest absolute Gasteiger partial charge is 0.264 e. The van der Waals surface area contributed by atoms with Gasteiger partial charge in [-0.3, -0.25) is 9.52 Å². The van der Waals surface area contributed by atoms with Crippen LogP contribution >= 0.6 is 0 Å². The molecule has 0 aromatic heterocycles. The third kappa shape index (κ3) is 4.15. The number of carbonyl (C=O) groups is 1. The normalized spacial score (nSPS) is 20.4. The number of fused-ring (bicyclic) bond motifs is 2. The number of hydrogen-bond acceptors (Lipinski definition) is 4. The van der Waals surface area contributed by atoms with Crippen LogP contribution in [0.5, 0.6) is 0 Å². The molecular weight excluding hydrogens is 458 g/mol. The van der Waals surface area contributed by atoms with Gasteiger partial charge in [-0.05, 0) is 106 Å². The Kier molecular flexibility index (Phi) is 6.01. The van der Waals surface area contributed by atoms with Crippen molar-refractivity contribution in [2.75, 3.05) is 24.9 Å². The number of piperidine rings is 1. The van der Waals surface area contributed by atoms with Crippen LogP contribution in [0.25, 0.3) is 0 Å². The highest BCUT2D eigenvalue weighted by Gasteiger charge is 2.51. The number of sulfonamides is 1. The van der Waals surface area contributed by atoms with Crippen molar-refractivity contribution in [2.24, 2.45) is 5.92 Å². The lowest BCUT2D eigenvalue weighted by Crippen LogP contribution is -2.39. The molecule has 0 atom stereocenters. The number of anilines is 1. The Morgan fingerprint density at radius 3 is 2.50 bits per heavy atom. The first-order valence-corrected chi connectivity index (χ1v) is 13.5. The molecule has 3 aliphatic rings. The Labute approximate surface area is 199 Å². The fraction of sp³-hybridized carbons (Fsp3) is 0.500. The van der Waals surface area contributed by atoms with Gasteiger partial charge >= 0.3 is 0 Å². The molecule has 5 rings (SSSR count). The van der Waals surface area contributed by atoms with Crippen LogP contribution in [-0.4, -0.2) is 39.2 Å². The molecule has 1 N–H and O–H groups in total. The molecule has 1 saturated carbocycles. The first kappa shape index (κ1) is 23.4. The molecule has 2 aliphatic carbocycles. The second-order valence-corrected chi connectivity index (χ2v) is 11.8. The second kappa shape index (κ2) is 8.72. The number of halogens is 2. The summed E-state index contributed by atoms with van der Waals surface area (Å²) in [5.74, 6) is -1.15. The van der Waals surface area contributed by atoms with Crippen molar-refractivity contribution >= 4 is 21.5 Å². The average Bonchev–Trinajstić information content (AvgIpc) is 3.04. The summed E-state index contributed by atoms with van der Waals surface area (Å²) in [6, 6.07) is 5.98. The summed E-state index contributed by atoms with van der Waals surface area (Å²) >= 11 is 0. The Hall–Kier alpha value is -2.32. The van der Waals surface area contributed by atoms with Gasteiger partial charge in [-0.25, -0.2) is 17.2 Å². The van der Waals surface area contributed by atoms with Crippen LogP contribution < -0.4 is 4.72 Å². The minimum absolute atomic E-state index is 0.221. The third-order valence-corrected chi connectivity index (χ3v) is 9.45. The first-order valence-electron chi connectivity index (χ1n) is 12.0. The Morgan fingerprint density at radius 1 is 1.12 bits per heavy atom. The van der Waals surface area contributed by atoms with Crippen molar-refractivity contribution in [2.45, 2.75) is 61.7 Å². The lowest BCUT2D eigenvalue weighted by molar-refractivity contribution is -0.125. The molecule has 1 heterocycles. The van der Waals surface area contributed by atoms with Crippen molar-refractivity contribution in [1.29, 1.82) is 0 Å². The Balaban J connectivity index is 1.47. The van der Waals surface area contributed by atoms with Crippen LogP contribution in [0, 0.1) is 17.6 Å². The van der Waals surface area contributed by atoms with E-state index in [1.807, 2.05) is 0 Å². The number of rotatable bonds is 6. The predicted octanol–water partition coefficient (Wildman–Crippen LogP) is 4.59. The molecule has 1 aliphatic heterocycles. The number of ketones is 1. The molecular formula is C26H30F2N2O3S. The van der Waals surface area contributed by atoms with Gasteiger partial charge < -0.3 is 4.90 Å². The van der Waals surface area contributed by atoms with E-state index in [-0.39, 0.29) is 5.78 Å². The molecule has 1 spiro atoms. The lowest BCUT2D eigenvalue weighted by atomic mass is 9.64. The van der Waals surface area contributed by atoms with E-state index in [0.29, 0.717) is 24.1 Å². The van der Waals surface area contributed by atoms with Crippen LogP contribution in [0.3, 0.4) is 0 Å². The maximum absolute atomic E-state index is 14.2. The maximum Gasteiger partial charge on any atom is 0.264 e. The fourth-order valence-electron chi connectivity index (χ4n) is 5.82. The maximum atomic E-state index is 14.2. The molecule has 5 nitrogen and oxygen atoms in total. The van der Waals surface area contributed by atoms with E-state index in [1.165, 1.54) is 0 Å². The van der Waals surface area contributed by atoms with Crippen molar-refractivity contribution in [3.8, 4) is 0 Å². The zero-order valence-electron chi connectivity index (χ0n) is 19.4. The summed E-state index contributed by atoms with van der Waals surface area (Å²) < 4.78 is 55.9. The molecule has 0 amide bonds. The summed E-state index contributed by atoms with van der Waals surface area (Å²) in [6.07, 6.45) is 7.00. The monoisotopic (exact) mass is 488 g/mol. The highest BCUT2D eigenvalue weighted by Crippen LogP contribution is 2.52. The number of hydrogen-bond donors (Lipinski definition) is 1. The highest BCUT2D eigenvalue weighted by atomic mass is 32.2. The number of nitrogens with zero attached hydrogens (tertiary/aromatic N) is 1. The predicted molar refractivity (Wildman–Crippen MR) is 126 cm³/mol. The van der Waals surface area contributed by atoms with Crippen molar-refractivity contribution in [3.05, 3.63) is 58.7 Å². The van der Waals surface area contributed by atoms with E-state index in [2.05, 4.69) is 16.7 Å². The van der Waals surface area contributed by atoms with Crippen LogP contribution in [-0.2, 0) is 33.1 Å². The topological polar surface area (TPSA) is 66.5 Å². The van der Waals surface area contributed by atoms with Gasteiger partial charge in [0, 0.05) is 18.2 Å². The molecule has 0 bridgehead atoms. The Bertz CT molecular complexity index is 1230. The molecule has 2 fully saturated rings. The van der Waals surface area contributed by atoms with Gasteiger partial charge in [0.25, 0.3) is 10.0 Å². The van der Waals surface area contributed by atoms with Crippen molar-refractivity contribution in [3.63, 3.8) is 0 Å². The van der Waals surface area contributed by atoms with Crippen LogP contribution in [0.1, 0.15) is 55.2 Å². The summed E-state index contributed by atoms with van der Waals surface area (Å²) in [7, 11) is -2.13. The average molecular weight is 489 g/mol. The number of likely N-dealkylation sites (tertiary alicyclic amines) is 1. The number of aryl methyl sites for hydroxylation is 1. The van der Waals surface area contributed by atoms with Gasteiger partial charge in [-0.2, -0.15) is 0 Å². The van der Waals surface area contributed by atoms with E-state index in [4.69, 9.17) is 0 Å². The zero-order valence-corrected chi connectivity index (χ0v) is 20.2. The van der Waals surface area contributed by atoms with Gasteiger partial charge in [0.05, 0.1) is 5.41 Å². The Morgan fingerprint density at radius 2 is 1.85 bits per heavy atom. The quantitative estimate of drug-likeness (QED) is 0.646. The zero-order chi connectivity index (χ0) is 24.1. The van der Waals surface area contributed by atoms with Gasteiger partial charge in [0.2, 0.25) is 0 Å². The van der Waals surface area contributed by atoms with E-state index < -0.39 is 32.0 Å². The van der Waals surface area contributed by atoms with Gasteiger partial charge in [-0.1, -0.05) is 6.42 Å². The third-order valence-electron chi connectivity index (χ3n) is 8.03. The summed E-state index contributed by atoms with van der Waals surface area (Å²) in [4.78, 5) is 14.7. The summed E-state index contributed by atoms with van der Waals surface area (Å²) in [6.45, 7) is 2.15.